The van der Waals surface area contributed by atoms with Gasteiger partial charge in [-0.2, -0.15) is 0 Å². The summed E-state index contributed by atoms with van der Waals surface area (Å²) in [5.41, 5.74) is 1.35. The second kappa shape index (κ2) is 7.08. The number of halogens is 1. The largest absolute Gasteiger partial charge is 0.506 e. The number of aryl methyl sites for hydroxylation is 1. The van der Waals surface area contributed by atoms with Crippen molar-refractivity contribution in [3.8, 4) is 5.75 Å². The normalized spacial score (nSPS) is 11.5. The number of amides is 1. The maximum absolute atomic E-state index is 12.5. The number of nitrogens with one attached hydrogen (secondary N) is 1. The topological polar surface area (TPSA) is 86.7 Å². The first kappa shape index (κ1) is 18.7. The molecule has 0 saturated carbocycles. The van der Waals surface area contributed by atoms with Crippen molar-refractivity contribution in [3.05, 3.63) is 51.1 Å². The van der Waals surface area contributed by atoms with E-state index in [-0.39, 0.29) is 21.9 Å². The zero-order chi connectivity index (χ0) is 18.1. The maximum Gasteiger partial charge on any atom is 0.256 e. The average molecular weight is 460 g/mol. The minimum Gasteiger partial charge on any atom is -0.506 e. The van der Waals surface area contributed by atoms with Crippen LogP contribution in [-0.2, 0) is 10.0 Å². The molecule has 0 unspecified atom stereocenters. The molecule has 128 valence electrons. The van der Waals surface area contributed by atoms with E-state index in [1.54, 1.807) is 18.2 Å². The fourth-order valence-electron chi connectivity index (χ4n) is 1.99. The lowest BCUT2D eigenvalue weighted by Crippen LogP contribution is -2.23. The van der Waals surface area contributed by atoms with E-state index >= 15 is 0 Å². The molecule has 0 aliphatic heterocycles. The molecular formula is C16H17IN2O4S. The molecule has 2 aromatic rings. The average Bonchev–Trinajstić information content (AvgIpc) is 2.50. The van der Waals surface area contributed by atoms with E-state index < -0.39 is 15.9 Å². The van der Waals surface area contributed by atoms with Gasteiger partial charge in [-0.1, -0.05) is 6.07 Å². The SMILES string of the molecule is Cc1ccc(NC(=O)c2cc(S(=O)(=O)N(C)C)ccc2I)c(O)c1. The number of anilines is 1. The fourth-order valence-corrected chi connectivity index (χ4v) is 3.50. The van der Waals surface area contributed by atoms with Crippen LogP contribution in [0.5, 0.6) is 5.75 Å². The Morgan fingerprint density at radius 2 is 1.83 bits per heavy atom. The molecule has 0 radical (unpaired) electrons. The van der Waals surface area contributed by atoms with Crippen LogP contribution in [0.1, 0.15) is 15.9 Å². The number of phenolic OH excluding ortho intramolecular Hbond substituents is 1. The van der Waals surface area contributed by atoms with E-state index in [1.165, 1.54) is 32.3 Å². The van der Waals surface area contributed by atoms with Crippen molar-refractivity contribution in [3.63, 3.8) is 0 Å². The lowest BCUT2D eigenvalue weighted by Gasteiger charge is -2.14. The fraction of sp³-hybridized carbons (Fsp3) is 0.188. The molecule has 24 heavy (non-hydrogen) atoms. The van der Waals surface area contributed by atoms with Gasteiger partial charge in [-0.05, 0) is 65.4 Å². The first-order chi connectivity index (χ1) is 11.1. The number of phenols is 1. The molecule has 0 bridgehead atoms. The second-order valence-electron chi connectivity index (χ2n) is 5.40. The Hall–Kier alpha value is -1.65. The van der Waals surface area contributed by atoms with Gasteiger partial charge >= 0.3 is 0 Å². The van der Waals surface area contributed by atoms with Gasteiger partial charge in [0.2, 0.25) is 10.0 Å². The molecule has 2 N–H and O–H groups in total. The summed E-state index contributed by atoms with van der Waals surface area (Å²) in [6.45, 7) is 1.82. The summed E-state index contributed by atoms with van der Waals surface area (Å²) in [4.78, 5) is 12.5. The molecule has 0 aliphatic carbocycles. The Bertz CT molecular complexity index is 895. The number of sulfonamides is 1. The Balaban J connectivity index is 2.39. The monoisotopic (exact) mass is 460 g/mol. The summed E-state index contributed by atoms with van der Waals surface area (Å²) < 4.78 is 26.1. The Morgan fingerprint density at radius 1 is 1.17 bits per heavy atom. The number of hydrogen-bond donors (Lipinski definition) is 2. The standard InChI is InChI=1S/C16H17IN2O4S/c1-10-4-7-14(15(20)8-10)18-16(21)12-9-11(5-6-13(12)17)24(22,23)19(2)3/h4-9,20H,1-3H3,(H,18,21). The van der Waals surface area contributed by atoms with Crippen LogP contribution in [-0.4, -0.2) is 37.8 Å². The Labute approximate surface area is 154 Å². The van der Waals surface area contributed by atoms with Crippen LogP contribution in [0, 0.1) is 10.5 Å². The summed E-state index contributed by atoms with van der Waals surface area (Å²) in [6, 6.07) is 9.24. The second-order valence-corrected chi connectivity index (χ2v) is 8.72. The molecule has 0 heterocycles. The zero-order valence-corrected chi connectivity index (χ0v) is 16.3. The smallest absolute Gasteiger partial charge is 0.256 e. The van der Waals surface area contributed by atoms with Gasteiger partial charge < -0.3 is 10.4 Å². The van der Waals surface area contributed by atoms with Crippen LogP contribution in [0.4, 0.5) is 5.69 Å². The predicted molar refractivity (Wildman–Crippen MR) is 101 cm³/mol. The van der Waals surface area contributed by atoms with E-state index in [0.29, 0.717) is 3.57 Å². The number of carbonyl (C=O) groups is 1. The van der Waals surface area contributed by atoms with Crippen LogP contribution in [0.25, 0.3) is 0 Å². The predicted octanol–water partition coefficient (Wildman–Crippen LogP) is 2.81. The first-order valence-electron chi connectivity index (χ1n) is 6.96. The van der Waals surface area contributed by atoms with Gasteiger partial charge in [0.1, 0.15) is 5.75 Å². The highest BCUT2D eigenvalue weighted by atomic mass is 127. The molecule has 8 heteroatoms. The van der Waals surface area contributed by atoms with Gasteiger partial charge in [0.05, 0.1) is 16.1 Å². The summed E-state index contributed by atoms with van der Waals surface area (Å²) in [7, 11) is -0.780. The number of rotatable bonds is 4. The van der Waals surface area contributed by atoms with Gasteiger partial charge in [-0.15, -0.1) is 0 Å². The van der Waals surface area contributed by atoms with E-state index in [9.17, 15) is 18.3 Å². The van der Waals surface area contributed by atoms with Gasteiger partial charge in [-0.3, -0.25) is 4.79 Å². The molecule has 2 aromatic carbocycles. The molecule has 0 atom stereocenters. The molecule has 0 spiro atoms. The third kappa shape index (κ3) is 3.87. The number of carbonyl (C=O) groups excluding carboxylic acids is 1. The van der Waals surface area contributed by atoms with Gasteiger partial charge in [0, 0.05) is 17.7 Å². The van der Waals surface area contributed by atoms with Crippen LogP contribution in [0.15, 0.2) is 41.3 Å². The van der Waals surface area contributed by atoms with Crippen molar-refractivity contribution in [1.29, 1.82) is 0 Å². The van der Waals surface area contributed by atoms with E-state index in [4.69, 9.17) is 0 Å². The quantitative estimate of drug-likeness (QED) is 0.543. The number of hydrogen-bond acceptors (Lipinski definition) is 4. The van der Waals surface area contributed by atoms with Crippen LogP contribution in [0.2, 0.25) is 0 Å². The Kier molecular flexibility index (Phi) is 5.51. The highest BCUT2D eigenvalue weighted by Crippen LogP contribution is 2.26. The Morgan fingerprint density at radius 3 is 2.42 bits per heavy atom. The van der Waals surface area contributed by atoms with E-state index in [1.807, 2.05) is 29.5 Å². The van der Waals surface area contributed by atoms with Crippen LogP contribution >= 0.6 is 22.6 Å². The van der Waals surface area contributed by atoms with Crippen molar-refractivity contribution in [2.24, 2.45) is 0 Å². The molecule has 0 aromatic heterocycles. The number of aromatic hydroxyl groups is 1. The third-order valence-corrected chi connectivity index (χ3v) is 6.11. The lowest BCUT2D eigenvalue weighted by atomic mass is 10.2. The van der Waals surface area contributed by atoms with Gasteiger partial charge in [0.15, 0.2) is 0 Å². The highest BCUT2D eigenvalue weighted by molar-refractivity contribution is 14.1. The number of nitrogens with zero attached hydrogens (tertiary/aromatic N) is 1. The van der Waals surface area contributed by atoms with E-state index in [0.717, 1.165) is 9.87 Å². The van der Waals surface area contributed by atoms with Gasteiger partial charge in [0.25, 0.3) is 5.91 Å². The van der Waals surface area contributed by atoms with Crippen molar-refractivity contribution >= 4 is 44.2 Å². The van der Waals surface area contributed by atoms with Crippen molar-refractivity contribution in [2.45, 2.75) is 11.8 Å². The van der Waals surface area contributed by atoms with Crippen molar-refractivity contribution in [2.75, 3.05) is 19.4 Å². The van der Waals surface area contributed by atoms with Crippen LogP contribution < -0.4 is 5.32 Å². The molecule has 0 saturated heterocycles. The lowest BCUT2D eigenvalue weighted by molar-refractivity contribution is 0.102. The molecular weight excluding hydrogens is 443 g/mol. The van der Waals surface area contributed by atoms with Crippen molar-refractivity contribution in [1.82, 2.24) is 4.31 Å². The summed E-state index contributed by atoms with van der Waals surface area (Å²) >= 11 is 1.96. The third-order valence-electron chi connectivity index (χ3n) is 3.36. The van der Waals surface area contributed by atoms with Crippen molar-refractivity contribution < 1.29 is 18.3 Å². The van der Waals surface area contributed by atoms with Gasteiger partial charge in [-0.25, -0.2) is 12.7 Å². The molecule has 1 amide bonds. The molecule has 6 nitrogen and oxygen atoms in total. The zero-order valence-electron chi connectivity index (χ0n) is 13.4. The number of benzene rings is 2. The van der Waals surface area contributed by atoms with Crippen LogP contribution in [0.3, 0.4) is 0 Å². The maximum atomic E-state index is 12.5. The molecule has 0 fully saturated rings. The minimum absolute atomic E-state index is 0.0335. The molecule has 0 aliphatic rings. The minimum atomic E-state index is -3.64. The summed E-state index contributed by atoms with van der Waals surface area (Å²) in [6.07, 6.45) is 0. The van der Waals surface area contributed by atoms with E-state index in [2.05, 4.69) is 5.32 Å². The molecule has 2 rings (SSSR count). The summed E-state index contributed by atoms with van der Waals surface area (Å²) in [5.74, 6) is -0.537. The first-order valence-corrected chi connectivity index (χ1v) is 9.48. The highest BCUT2D eigenvalue weighted by Gasteiger charge is 2.21. The summed E-state index contributed by atoms with van der Waals surface area (Å²) in [5, 5.41) is 12.5.